The topological polar surface area (TPSA) is 123 Å². The van der Waals surface area contributed by atoms with Crippen LogP contribution in [0.15, 0.2) is 30.3 Å². The van der Waals surface area contributed by atoms with Gasteiger partial charge in [-0.3, -0.25) is 4.90 Å². The fraction of sp³-hybridized carbons (Fsp3) is 0.806. The highest BCUT2D eigenvalue weighted by Crippen LogP contribution is 2.40. The molecule has 1 aliphatic heterocycles. The number of hydrogen-bond acceptors (Lipinski definition) is 8. The van der Waals surface area contributed by atoms with Crippen LogP contribution < -0.4 is 0 Å². The molecule has 1 aromatic rings. The molecule has 8 heteroatoms. The molecular weight excluding hydrogens is 498 g/mol. The lowest BCUT2D eigenvalue weighted by Gasteiger charge is -2.39. The van der Waals surface area contributed by atoms with Crippen LogP contribution in [0, 0.1) is 17.8 Å². The lowest BCUT2D eigenvalue weighted by Crippen LogP contribution is -2.51. The number of aryl methyl sites for hydroxylation is 1. The molecule has 0 bridgehead atoms. The van der Waals surface area contributed by atoms with E-state index >= 15 is 0 Å². The van der Waals surface area contributed by atoms with Gasteiger partial charge in [0.05, 0.1) is 6.04 Å². The zero-order valence-electron chi connectivity index (χ0n) is 24.2. The molecular formula is C31H53NO7. The molecule has 2 aliphatic rings. The molecule has 2 fully saturated rings. The highest BCUT2D eigenvalue weighted by molar-refractivity contribution is 5.14. The Hall–Kier alpha value is -1.10. The maximum absolute atomic E-state index is 11.8. The number of nitrogens with zero attached hydrogens (tertiary/aromatic N) is 1. The minimum Gasteiger partial charge on any atom is -0.378 e. The first-order valence-electron chi connectivity index (χ1n) is 15.2. The number of aliphatic hydroxyl groups excluding tert-OH is 3. The largest absolute Gasteiger partial charge is 0.378 e. The van der Waals surface area contributed by atoms with Crippen molar-refractivity contribution in [3.63, 3.8) is 0 Å². The van der Waals surface area contributed by atoms with Crippen LogP contribution in [0.3, 0.4) is 0 Å². The second-order valence-corrected chi connectivity index (χ2v) is 12.1. The number of likely N-dealkylation sites (tertiary alicyclic amines) is 1. The molecule has 224 valence electrons. The van der Waals surface area contributed by atoms with E-state index in [0.717, 1.165) is 25.7 Å². The second kappa shape index (κ2) is 15.8. The fourth-order valence-electron chi connectivity index (χ4n) is 6.28. The van der Waals surface area contributed by atoms with E-state index < -0.39 is 36.9 Å². The monoisotopic (exact) mass is 551 g/mol. The third kappa shape index (κ3) is 10.0. The Morgan fingerprint density at radius 2 is 1.67 bits per heavy atom. The molecule has 0 spiro atoms. The first kappa shape index (κ1) is 32.4. The van der Waals surface area contributed by atoms with Gasteiger partial charge in [0.1, 0.15) is 6.23 Å². The van der Waals surface area contributed by atoms with E-state index in [2.05, 4.69) is 12.1 Å². The van der Waals surface area contributed by atoms with Crippen molar-refractivity contribution < 1.29 is 35.0 Å². The van der Waals surface area contributed by atoms with E-state index in [0.29, 0.717) is 31.7 Å². The van der Waals surface area contributed by atoms with Crippen molar-refractivity contribution in [2.24, 2.45) is 17.8 Å². The molecule has 0 aromatic heterocycles. The highest BCUT2D eigenvalue weighted by Gasteiger charge is 2.45. The van der Waals surface area contributed by atoms with Crippen molar-refractivity contribution >= 4 is 0 Å². The lowest BCUT2D eigenvalue weighted by molar-refractivity contribution is -0.342. The van der Waals surface area contributed by atoms with Gasteiger partial charge in [0, 0.05) is 25.3 Å². The number of hydrogen-bond donors (Lipinski definition) is 5. The zero-order chi connectivity index (χ0) is 28.4. The van der Waals surface area contributed by atoms with Gasteiger partial charge in [0.2, 0.25) is 0 Å². The maximum atomic E-state index is 11.8. The van der Waals surface area contributed by atoms with Crippen molar-refractivity contribution in [1.82, 2.24) is 4.90 Å². The van der Waals surface area contributed by atoms with Gasteiger partial charge in [-0.25, -0.2) is 0 Å². The molecule has 1 saturated heterocycles. The summed E-state index contributed by atoms with van der Waals surface area (Å²) in [6.07, 6.45) is 4.90. The first-order valence-corrected chi connectivity index (χ1v) is 15.2. The lowest BCUT2D eigenvalue weighted by atomic mass is 9.79. The molecule has 3 rings (SSSR count). The summed E-state index contributed by atoms with van der Waals surface area (Å²) in [7, 11) is 0. The predicted octanol–water partition coefficient (Wildman–Crippen LogP) is 4.12. The Labute approximate surface area is 235 Å². The molecule has 1 saturated carbocycles. The van der Waals surface area contributed by atoms with Gasteiger partial charge >= 0.3 is 0 Å². The van der Waals surface area contributed by atoms with E-state index in [4.69, 9.17) is 9.47 Å². The van der Waals surface area contributed by atoms with Gasteiger partial charge in [-0.05, 0) is 49.5 Å². The summed E-state index contributed by atoms with van der Waals surface area (Å²) in [6, 6.07) is 9.58. The molecule has 0 amide bonds. The Morgan fingerprint density at radius 3 is 2.28 bits per heavy atom. The van der Waals surface area contributed by atoms with E-state index in [-0.39, 0.29) is 24.7 Å². The Kier molecular flexibility index (Phi) is 13.1. The summed E-state index contributed by atoms with van der Waals surface area (Å²) in [4.78, 5) is 1.74. The van der Waals surface area contributed by atoms with Crippen LogP contribution in [0.5, 0.6) is 0 Å². The van der Waals surface area contributed by atoms with Crippen LogP contribution in [-0.2, 0) is 15.9 Å². The van der Waals surface area contributed by atoms with Gasteiger partial charge in [0.15, 0.2) is 24.7 Å². The summed E-state index contributed by atoms with van der Waals surface area (Å²) >= 11 is 0. The number of ether oxygens (including phenoxy) is 2. The fourth-order valence-corrected chi connectivity index (χ4v) is 6.28. The average molecular weight is 552 g/mol. The van der Waals surface area contributed by atoms with E-state index in [9.17, 15) is 25.5 Å². The molecule has 0 radical (unpaired) electrons. The smallest absolute Gasteiger partial charge is 0.172 e. The molecule has 6 atom stereocenters. The minimum absolute atomic E-state index is 0.117. The first-order chi connectivity index (χ1) is 18.6. The molecule has 5 N–H and O–H groups in total. The SMILES string of the molecule is CC[C@H](O)O[C@@H](OC(O)(CCCCc1ccccc1)C[C@@H](O)N1C[C@H](C2CCCCC2)C[C@H]1C(O)O)C(C)C. The quantitative estimate of drug-likeness (QED) is 0.154. The molecule has 1 aliphatic carbocycles. The molecule has 1 aromatic carbocycles. The number of benzene rings is 1. The summed E-state index contributed by atoms with van der Waals surface area (Å²) in [6.45, 7) is 6.16. The van der Waals surface area contributed by atoms with Crippen LogP contribution in [0.2, 0.25) is 0 Å². The summed E-state index contributed by atoms with van der Waals surface area (Å²) in [5, 5.41) is 53.7. The van der Waals surface area contributed by atoms with Crippen molar-refractivity contribution in [1.29, 1.82) is 0 Å². The third-order valence-corrected chi connectivity index (χ3v) is 8.61. The number of rotatable bonds is 16. The van der Waals surface area contributed by atoms with Gasteiger partial charge < -0.3 is 35.0 Å². The standard InChI is InChI=1S/C31H53NO7/c1-4-28(34)38-30(22(2)3)39-31(37,18-12-11-15-23-13-7-5-8-14-23)20-27(33)32-21-25(19-26(32)29(35)36)24-16-9-6-10-17-24/h5,7-8,13-14,22,24-30,33-37H,4,6,9-12,15-21H2,1-3H3/t25-,26+,27-,28-,30+,31?/m1/s1. The molecule has 1 unspecified atom stereocenters. The Morgan fingerprint density at radius 1 is 0.974 bits per heavy atom. The van der Waals surface area contributed by atoms with Gasteiger partial charge in [0.25, 0.3) is 0 Å². The van der Waals surface area contributed by atoms with E-state index in [1.807, 2.05) is 32.0 Å². The summed E-state index contributed by atoms with van der Waals surface area (Å²) in [5.74, 6) is -1.04. The van der Waals surface area contributed by atoms with Crippen LogP contribution in [0.1, 0.15) is 97.0 Å². The normalized spacial score (nSPS) is 25.2. The van der Waals surface area contributed by atoms with Crippen molar-refractivity contribution in [2.45, 2.75) is 135 Å². The summed E-state index contributed by atoms with van der Waals surface area (Å²) < 4.78 is 11.8. The van der Waals surface area contributed by atoms with Crippen molar-refractivity contribution in [3.8, 4) is 0 Å². The Balaban J connectivity index is 1.70. The van der Waals surface area contributed by atoms with E-state index in [1.165, 1.54) is 24.8 Å². The van der Waals surface area contributed by atoms with Crippen molar-refractivity contribution in [2.75, 3.05) is 6.54 Å². The van der Waals surface area contributed by atoms with Gasteiger partial charge in [-0.1, -0.05) is 83.2 Å². The maximum Gasteiger partial charge on any atom is 0.172 e. The van der Waals surface area contributed by atoms with E-state index in [1.54, 1.807) is 11.8 Å². The van der Waals surface area contributed by atoms with Crippen LogP contribution in [-0.4, -0.2) is 73.9 Å². The van der Waals surface area contributed by atoms with Gasteiger partial charge in [-0.2, -0.15) is 0 Å². The second-order valence-electron chi connectivity index (χ2n) is 12.1. The van der Waals surface area contributed by atoms with Crippen molar-refractivity contribution in [3.05, 3.63) is 35.9 Å². The number of aliphatic hydroxyl groups is 5. The molecule has 39 heavy (non-hydrogen) atoms. The third-order valence-electron chi connectivity index (χ3n) is 8.61. The van der Waals surface area contributed by atoms with Crippen LogP contribution in [0.25, 0.3) is 0 Å². The average Bonchev–Trinajstić information content (AvgIpc) is 3.38. The number of unbranched alkanes of at least 4 members (excludes halogenated alkanes) is 1. The van der Waals surface area contributed by atoms with Gasteiger partial charge in [-0.15, -0.1) is 0 Å². The Bertz CT molecular complexity index is 803. The molecule has 1 heterocycles. The summed E-state index contributed by atoms with van der Waals surface area (Å²) in [5.41, 5.74) is 1.22. The zero-order valence-corrected chi connectivity index (χ0v) is 24.2. The van der Waals surface area contributed by atoms with Crippen LogP contribution in [0.4, 0.5) is 0 Å². The molecule has 8 nitrogen and oxygen atoms in total. The highest BCUT2D eigenvalue weighted by atomic mass is 16.8. The predicted molar refractivity (Wildman–Crippen MR) is 150 cm³/mol. The van der Waals surface area contributed by atoms with Crippen LogP contribution >= 0.6 is 0 Å². The minimum atomic E-state index is -1.72.